The second-order valence-electron chi connectivity index (χ2n) is 9.49. The second-order valence-corrected chi connectivity index (χ2v) is 9.49. The van der Waals surface area contributed by atoms with Gasteiger partial charge >= 0.3 is 11.9 Å². The number of rotatable bonds is 5. The van der Waals surface area contributed by atoms with E-state index in [0.29, 0.717) is 44.2 Å². The summed E-state index contributed by atoms with van der Waals surface area (Å²) in [7, 11) is 0. The van der Waals surface area contributed by atoms with Gasteiger partial charge in [-0.15, -0.1) is 0 Å². The number of aliphatic hydroxyl groups is 1. The maximum atomic E-state index is 11.8. The Kier molecular flexibility index (Phi) is 5.66. The van der Waals surface area contributed by atoms with Crippen LogP contribution in [0.3, 0.4) is 0 Å². The molecule has 0 spiro atoms. The minimum atomic E-state index is -1.10. The van der Waals surface area contributed by atoms with Crippen molar-refractivity contribution < 1.29 is 24.9 Å². The first-order valence-electron chi connectivity index (χ1n) is 12.3. The fraction of sp³-hybridized carbons (Fsp3) is 0.133. The molecule has 3 N–H and O–H groups in total. The van der Waals surface area contributed by atoms with E-state index < -0.39 is 18.0 Å². The zero-order valence-corrected chi connectivity index (χ0v) is 21.0. The highest BCUT2D eigenvalue weighted by Crippen LogP contribution is 2.35. The van der Waals surface area contributed by atoms with Gasteiger partial charge in [-0.3, -0.25) is 0 Å². The molecule has 39 heavy (non-hydrogen) atoms. The lowest BCUT2D eigenvalue weighted by Gasteiger charge is -2.18. The van der Waals surface area contributed by atoms with E-state index in [-0.39, 0.29) is 22.6 Å². The maximum Gasteiger partial charge on any atom is 0.337 e. The monoisotopic (exact) mass is 518 g/mol. The van der Waals surface area contributed by atoms with Crippen molar-refractivity contribution in [3.8, 4) is 0 Å². The Morgan fingerprint density at radius 2 is 1.08 bits per heavy atom. The molecule has 0 aliphatic carbocycles. The first kappa shape index (κ1) is 24.3. The molecule has 2 atom stereocenters. The van der Waals surface area contributed by atoms with E-state index in [0.717, 1.165) is 11.1 Å². The maximum absolute atomic E-state index is 11.8. The summed E-state index contributed by atoms with van der Waals surface area (Å²) < 4.78 is 0. The molecular weight excluding hydrogens is 496 g/mol. The molecule has 4 aromatic carbocycles. The van der Waals surface area contributed by atoms with Gasteiger partial charge in [-0.2, -0.15) is 0 Å². The van der Waals surface area contributed by atoms with Crippen LogP contribution in [0.25, 0.3) is 44.1 Å². The van der Waals surface area contributed by atoms with Crippen LogP contribution in [0.4, 0.5) is 0 Å². The average Bonchev–Trinajstić information content (AvgIpc) is 2.92. The summed E-state index contributed by atoms with van der Waals surface area (Å²) in [6, 6.07) is 19.0. The predicted molar refractivity (Wildman–Crippen MR) is 146 cm³/mol. The summed E-state index contributed by atoms with van der Waals surface area (Å²) in [6.45, 7) is 3.65. The van der Waals surface area contributed by atoms with Crippen molar-refractivity contribution in [2.45, 2.75) is 25.9 Å². The van der Waals surface area contributed by atoms with Gasteiger partial charge in [0.15, 0.2) is 0 Å². The number of hydrogen-bond acceptors (Lipinski definition) is 7. The molecule has 192 valence electrons. The van der Waals surface area contributed by atoms with Crippen molar-refractivity contribution in [2.75, 3.05) is 0 Å². The number of aliphatic hydroxyl groups excluding tert-OH is 1. The van der Waals surface area contributed by atoms with E-state index in [1.54, 1.807) is 37.3 Å². The molecular formula is C30H22N4O5. The molecule has 0 bridgehead atoms. The van der Waals surface area contributed by atoms with E-state index in [1.807, 2.05) is 31.2 Å². The van der Waals surface area contributed by atoms with Crippen LogP contribution >= 0.6 is 0 Å². The summed E-state index contributed by atoms with van der Waals surface area (Å²) in [6.07, 6.45) is -0.847. The highest BCUT2D eigenvalue weighted by molar-refractivity contribution is 6.04. The fourth-order valence-corrected chi connectivity index (χ4v) is 5.03. The van der Waals surface area contributed by atoms with E-state index in [9.17, 15) is 24.9 Å². The first-order valence-corrected chi connectivity index (χ1v) is 12.3. The van der Waals surface area contributed by atoms with Gasteiger partial charge in [0.2, 0.25) is 0 Å². The number of aromatic nitrogens is 4. The highest BCUT2D eigenvalue weighted by atomic mass is 16.4. The summed E-state index contributed by atoms with van der Waals surface area (Å²) in [5.41, 5.74) is 6.08. The lowest BCUT2D eigenvalue weighted by atomic mass is 9.89. The van der Waals surface area contributed by atoms with Gasteiger partial charge in [0.1, 0.15) is 11.0 Å². The zero-order valence-electron chi connectivity index (χ0n) is 21.0. The third kappa shape index (κ3) is 4.00. The Morgan fingerprint density at radius 1 is 0.615 bits per heavy atom. The number of carbonyl (C=O) groups is 2. The lowest BCUT2D eigenvalue weighted by Crippen LogP contribution is -2.06. The molecule has 2 unspecified atom stereocenters. The van der Waals surface area contributed by atoms with Crippen molar-refractivity contribution in [3.05, 3.63) is 94.5 Å². The van der Waals surface area contributed by atoms with Gasteiger partial charge in [-0.25, -0.2) is 29.5 Å². The Labute approximate surface area is 221 Å². The number of para-hydroxylation sites is 3. The quantitative estimate of drug-likeness (QED) is 0.252. The van der Waals surface area contributed by atoms with E-state index >= 15 is 0 Å². The zero-order chi connectivity index (χ0) is 27.4. The lowest BCUT2D eigenvalue weighted by molar-refractivity contribution is 0.0688. The summed E-state index contributed by atoms with van der Waals surface area (Å²) >= 11 is 0. The van der Waals surface area contributed by atoms with E-state index in [2.05, 4.69) is 15.0 Å². The second kappa shape index (κ2) is 9.07. The topological polar surface area (TPSA) is 146 Å². The predicted octanol–water partition coefficient (Wildman–Crippen LogP) is 5.48. The molecule has 0 fully saturated rings. The molecule has 0 saturated carbocycles. The van der Waals surface area contributed by atoms with Crippen molar-refractivity contribution >= 4 is 56.1 Å². The van der Waals surface area contributed by atoms with Crippen LogP contribution in [0, 0.1) is 0 Å². The van der Waals surface area contributed by atoms with Crippen LogP contribution in [0.1, 0.15) is 63.3 Å². The van der Waals surface area contributed by atoms with Gasteiger partial charge in [0, 0.05) is 11.5 Å². The third-order valence-corrected chi connectivity index (χ3v) is 7.02. The van der Waals surface area contributed by atoms with Gasteiger partial charge in [-0.1, -0.05) is 37.3 Å². The first-order chi connectivity index (χ1) is 18.7. The van der Waals surface area contributed by atoms with Crippen LogP contribution in [-0.2, 0) is 0 Å². The normalized spacial score (nSPS) is 13.2. The minimum absolute atomic E-state index is 0.0517. The van der Waals surface area contributed by atoms with Gasteiger partial charge < -0.3 is 15.3 Å². The number of carboxylic acids is 2. The molecule has 0 amide bonds. The molecule has 6 aromatic rings. The highest BCUT2D eigenvalue weighted by Gasteiger charge is 2.21. The Bertz CT molecular complexity index is 1990. The van der Waals surface area contributed by atoms with Crippen LogP contribution in [0.2, 0.25) is 0 Å². The number of aromatic carboxylic acids is 2. The van der Waals surface area contributed by atoms with Crippen molar-refractivity contribution in [3.63, 3.8) is 0 Å². The smallest absolute Gasteiger partial charge is 0.337 e. The number of benzene rings is 4. The average molecular weight is 519 g/mol. The molecule has 0 aliphatic rings. The Morgan fingerprint density at radius 3 is 1.62 bits per heavy atom. The molecule has 0 aliphatic heterocycles. The van der Waals surface area contributed by atoms with Crippen LogP contribution < -0.4 is 0 Å². The van der Waals surface area contributed by atoms with E-state index in [1.165, 1.54) is 12.1 Å². The standard InChI is InChI=1S/C30H22N4O5/c1-14(17-6-3-9-21-25(17)31-22-10-4-7-18(29(36)37)26(22)32-21)16-12-20(15(2)35)28-24(13-16)34-27-19(30(38)39)8-5-11-23(27)33-28/h3-15,35H,1-2H3,(H,36,37)(H,38,39). The van der Waals surface area contributed by atoms with Crippen LogP contribution in [-0.4, -0.2) is 47.2 Å². The van der Waals surface area contributed by atoms with E-state index in [4.69, 9.17) is 4.98 Å². The van der Waals surface area contributed by atoms with Crippen molar-refractivity contribution in [2.24, 2.45) is 0 Å². The Balaban J connectivity index is 1.57. The van der Waals surface area contributed by atoms with Crippen molar-refractivity contribution in [1.29, 1.82) is 0 Å². The van der Waals surface area contributed by atoms with Gasteiger partial charge in [0.25, 0.3) is 0 Å². The summed E-state index contributed by atoms with van der Waals surface area (Å²) in [5, 5.41) is 29.9. The largest absolute Gasteiger partial charge is 0.478 e. The molecule has 0 saturated heterocycles. The minimum Gasteiger partial charge on any atom is -0.478 e. The van der Waals surface area contributed by atoms with Gasteiger partial charge in [0.05, 0.1) is 50.3 Å². The molecule has 6 rings (SSSR count). The number of carboxylic acid groups (broad SMARTS) is 2. The Hall–Kier alpha value is -5.02. The van der Waals surface area contributed by atoms with Crippen LogP contribution in [0.15, 0.2) is 66.7 Å². The van der Waals surface area contributed by atoms with Crippen LogP contribution in [0.5, 0.6) is 0 Å². The SMILES string of the molecule is CC(O)c1cc(C(C)c2cccc3nc4c(C(=O)O)cccc4nc23)cc2nc3c(C(=O)O)cccc3nc12. The summed E-state index contributed by atoms with van der Waals surface area (Å²) in [5.74, 6) is -2.39. The number of nitrogens with zero attached hydrogens (tertiary/aromatic N) is 4. The molecule has 9 nitrogen and oxygen atoms in total. The molecule has 2 aromatic heterocycles. The summed E-state index contributed by atoms with van der Waals surface area (Å²) in [4.78, 5) is 42.3. The number of fused-ring (bicyclic) bond motifs is 4. The fourth-order valence-electron chi connectivity index (χ4n) is 5.03. The molecule has 2 heterocycles. The number of hydrogen-bond donors (Lipinski definition) is 3. The van der Waals surface area contributed by atoms with Gasteiger partial charge in [-0.05, 0) is 54.4 Å². The molecule has 0 radical (unpaired) electrons. The molecule has 9 heteroatoms. The van der Waals surface area contributed by atoms with Crippen molar-refractivity contribution in [1.82, 2.24) is 19.9 Å². The third-order valence-electron chi connectivity index (χ3n) is 7.02.